The Bertz CT molecular complexity index is 739. The van der Waals surface area contributed by atoms with E-state index in [0.29, 0.717) is 0 Å². The highest BCUT2D eigenvalue weighted by Gasteiger charge is 2.62. The van der Waals surface area contributed by atoms with Crippen LogP contribution in [0.25, 0.3) is 0 Å². The second-order valence-electron chi connectivity index (χ2n) is 5.33. The second-order valence-corrected chi connectivity index (χ2v) is 5.76. The molecule has 1 aromatic heterocycles. The fourth-order valence-electron chi connectivity index (χ4n) is 2.74. The zero-order valence-corrected chi connectivity index (χ0v) is 14.8. The van der Waals surface area contributed by atoms with Gasteiger partial charge in [0.05, 0.1) is 0 Å². The van der Waals surface area contributed by atoms with Crippen LogP contribution in [0.1, 0.15) is 18.1 Å². The number of ether oxygens (including phenoxy) is 1. The minimum atomic E-state index is -4.66. The van der Waals surface area contributed by atoms with Gasteiger partial charge in [-0.1, -0.05) is 17.7 Å². The van der Waals surface area contributed by atoms with E-state index in [2.05, 4.69) is 15.6 Å². The van der Waals surface area contributed by atoms with Crippen LogP contribution in [0, 0.1) is 0 Å². The van der Waals surface area contributed by atoms with Crippen molar-refractivity contribution >= 4 is 23.1 Å². The van der Waals surface area contributed by atoms with Crippen molar-refractivity contribution in [2.24, 2.45) is 0 Å². The summed E-state index contributed by atoms with van der Waals surface area (Å²) in [5.41, 5.74) is -2.44. The van der Waals surface area contributed by atoms with Crippen molar-refractivity contribution in [3.8, 4) is 0 Å². The summed E-state index contributed by atoms with van der Waals surface area (Å²) in [6.45, 7) is 1.41. The molecule has 4 nitrogen and oxygen atoms in total. The molecule has 2 aromatic rings. The molecule has 25 heavy (non-hydrogen) atoms. The molecule has 1 atom stereocenters. The number of benzene rings is 1. The number of halogens is 4. The van der Waals surface area contributed by atoms with Crippen LogP contribution >= 0.6 is 11.6 Å². The number of hydrogen-bond donors (Lipinski definition) is 2. The van der Waals surface area contributed by atoms with E-state index in [1.807, 2.05) is 14.1 Å². The van der Waals surface area contributed by atoms with Crippen LogP contribution in [0.4, 0.5) is 24.7 Å². The summed E-state index contributed by atoms with van der Waals surface area (Å²) in [5, 5.41) is 5.86. The van der Waals surface area contributed by atoms with E-state index in [0.717, 1.165) is 0 Å². The van der Waals surface area contributed by atoms with Gasteiger partial charge in [0.2, 0.25) is 5.60 Å². The first-order chi connectivity index (χ1) is 11.8. The minimum Gasteiger partial charge on any atom is -0.357 e. The number of nitrogens with one attached hydrogen (secondary N) is 2. The van der Waals surface area contributed by atoms with Gasteiger partial charge in [0, 0.05) is 34.6 Å². The highest BCUT2D eigenvalue weighted by molar-refractivity contribution is 6.30. The summed E-state index contributed by atoms with van der Waals surface area (Å²) in [6.07, 6.45) is -3.23. The monoisotopic (exact) mass is 373 g/mol. The third-order valence-corrected chi connectivity index (χ3v) is 3.80. The molecular weight excluding hydrogens is 355 g/mol. The van der Waals surface area contributed by atoms with Crippen LogP contribution < -0.4 is 10.6 Å². The second kappa shape index (κ2) is 7.59. The quantitative estimate of drug-likeness (QED) is 0.815. The Balaban J connectivity index is 0.000000701. The average Bonchev–Trinajstić information content (AvgIpc) is 2.55. The lowest BCUT2D eigenvalue weighted by molar-refractivity contribution is -0.265. The van der Waals surface area contributed by atoms with Gasteiger partial charge in [-0.05, 0) is 45.3 Å². The van der Waals surface area contributed by atoms with E-state index in [1.54, 1.807) is 0 Å². The predicted molar refractivity (Wildman–Crippen MR) is 92.4 cm³/mol. The first-order valence-electron chi connectivity index (χ1n) is 7.63. The Morgan fingerprint density at radius 1 is 1.24 bits per heavy atom. The maximum absolute atomic E-state index is 14.0. The zero-order chi connectivity index (χ0) is 18.7. The number of nitrogens with zero attached hydrogens (tertiary/aromatic N) is 1. The highest BCUT2D eigenvalue weighted by atomic mass is 35.5. The summed E-state index contributed by atoms with van der Waals surface area (Å²) in [5.74, 6) is 0.128. The average molecular weight is 374 g/mol. The van der Waals surface area contributed by atoms with Crippen molar-refractivity contribution < 1.29 is 17.9 Å². The van der Waals surface area contributed by atoms with Gasteiger partial charge in [-0.3, -0.25) is 0 Å². The third-order valence-electron chi connectivity index (χ3n) is 3.56. The van der Waals surface area contributed by atoms with Crippen molar-refractivity contribution in [3.63, 3.8) is 0 Å². The Labute approximate surface area is 149 Å². The van der Waals surface area contributed by atoms with Crippen LogP contribution in [0.15, 0.2) is 36.5 Å². The lowest BCUT2D eigenvalue weighted by Gasteiger charge is -2.41. The van der Waals surface area contributed by atoms with Crippen LogP contribution in [0.3, 0.4) is 0 Å². The Kier molecular flexibility index (Phi) is 5.92. The Morgan fingerprint density at radius 3 is 2.52 bits per heavy atom. The molecule has 0 aliphatic carbocycles. The molecule has 1 aliphatic heterocycles. The van der Waals surface area contributed by atoms with E-state index in [9.17, 15) is 13.2 Å². The zero-order valence-electron chi connectivity index (χ0n) is 14.0. The minimum absolute atomic E-state index is 0.0603. The predicted octanol–water partition coefficient (Wildman–Crippen LogP) is 4.47. The SMILES string of the molecule is CCOC1(C(F)(F)F)c2cc(Cl)ccc2Nc2ncccc21.CNC. The van der Waals surface area contributed by atoms with Gasteiger partial charge in [0.15, 0.2) is 0 Å². The first kappa shape index (κ1) is 19.5. The van der Waals surface area contributed by atoms with Crippen molar-refractivity contribution in [3.05, 3.63) is 52.7 Å². The molecule has 0 radical (unpaired) electrons. The van der Waals surface area contributed by atoms with E-state index in [1.165, 1.54) is 43.5 Å². The van der Waals surface area contributed by atoms with Crippen LogP contribution in [-0.4, -0.2) is 31.9 Å². The van der Waals surface area contributed by atoms with E-state index in [4.69, 9.17) is 16.3 Å². The van der Waals surface area contributed by atoms with Gasteiger partial charge in [0.1, 0.15) is 5.82 Å². The van der Waals surface area contributed by atoms with Crippen LogP contribution in [0.5, 0.6) is 0 Å². The lowest BCUT2D eigenvalue weighted by Crippen LogP contribution is -2.48. The molecule has 1 unspecified atom stereocenters. The topological polar surface area (TPSA) is 46.2 Å². The lowest BCUT2D eigenvalue weighted by atomic mass is 9.82. The molecule has 136 valence electrons. The molecule has 0 amide bonds. The fourth-order valence-corrected chi connectivity index (χ4v) is 2.91. The molecule has 2 N–H and O–H groups in total. The van der Waals surface area contributed by atoms with Crippen molar-refractivity contribution in [2.75, 3.05) is 26.0 Å². The number of aromatic nitrogens is 1. The van der Waals surface area contributed by atoms with E-state index >= 15 is 0 Å². The van der Waals surface area contributed by atoms with Gasteiger partial charge in [-0.2, -0.15) is 13.2 Å². The largest absolute Gasteiger partial charge is 0.426 e. The van der Waals surface area contributed by atoms with Crippen molar-refractivity contribution in [1.82, 2.24) is 10.3 Å². The van der Waals surface area contributed by atoms with E-state index < -0.39 is 11.8 Å². The fraction of sp³-hybridized carbons (Fsp3) is 0.353. The maximum Gasteiger partial charge on any atom is 0.426 e. The number of pyridine rings is 1. The molecule has 0 saturated heterocycles. The van der Waals surface area contributed by atoms with Crippen LogP contribution in [-0.2, 0) is 10.3 Å². The highest BCUT2D eigenvalue weighted by Crippen LogP contribution is 2.54. The summed E-state index contributed by atoms with van der Waals surface area (Å²) in [4.78, 5) is 4.01. The molecule has 8 heteroatoms. The number of anilines is 2. The molecule has 0 spiro atoms. The molecular formula is C17H19ClF3N3O. The van der Waals surface area contributed by atoms with Crippen LogP contribution in [0.2, 0.25) is 5.02 Å². The van der Waals surface area contributed by atoms with Gasteiger partial charge in [0.25, 0.3) is 0 Å². The number of hydrogen-bond acceptors (Lipinski definition) is 4. The van der Waals surface area contributed by atoms with Crippen molar-refractivity contribution in [1.29, 1.82) is 0 Å². The molecule has 0 bridgehead atoms. The Hall–Kier alpha value is -1.83. The maximum atomic E-state index is 14.0. The molecule has 0 fully saturated rings. The first-order valence-corrected chi connectivity index (χ1v) is 8.01. The van der Waals surface area contributed by atoms with Gasteiger partial charge < -0.3 is 15.4 Å². The van der Waals surface area contributed by atoms with Crippen molar-refractivity contribution in [2.45, 2.75) is 18.7 Å². The molecule has 0 saturated carbocycles. The molecule has 2 heterocycles. The summed E-state index contributed by atoms with van der Waals surface area (Å²) >= 11 is 5.91. The van der Waals surface area contributed by atoms with Gasteiger partial charge >= 0.3 is 6.18 Å². The standard InChI is InChI=1S/C15H12ClF3N2O.C2H7N/c1-2-22-14(15(17,18)19)10-4-3-7-20-13(10)21-12-6-5-9(16)8-11(12)14;1-3-2/h3-8H,2H2,1H3,(H,20,21);3H,1-2H3. The van der Waals surface area contributed by atoms with Gasteiger partial charge in [-0.25, -0.2) is 4.98 Å². The molecule has 1 aromatic carbocycles. The van der Waals surface area contributed by atoms with E-state index in [-0.39, 0.29) is 34.3 Å². The molecule has 1 aliphatic rings. The number of rotatable bonds is 2. The Morgan fingerprint density at radius 2 is 1.92 bits per heavy atom. The summed E-state index contributed by atoms with van der Waals surface area (Å²) in [6, 6.07) is 7.12. The number of alkyl halides is 3. The normalized spacial score (nSPS) is 18.4. The molecule has 3 rings (SSSR count). The third kappa shape index (κ3) is 3.44. The number of fused-ring (bicyclic) bond motifs is 2. The van der Waals surface area contributed by atoms with Gasteiger partial charge in [-0.15, -0.1) is 0 Å². The summed E-state index contributed by atoms with van der Waals surface area (Å²) < 4.78 is 47.4. The summed E-state index contributed by atoms with van der Waals surface area (Å²) in [7, 11) is 3.75. The smallest absolute Gasteiger partial charge is 0.357 e.